The Morgan fingerprint density at radius 2 is 1.69 bits per heavy atom. The molecule has 1 saturated carbocycles. The number of nitrogens with one attached hydrogen (secondary N) is 1. The average molecular weight is 510 g/mol. The van der Waals surface area contributed by atoms with Crippen LogP contribution >= 0.6 is 11.3 Å². The van der Waals surface area contributed by atoms with E-state index in [1.807, 2.05) is 60.7 Å². The minimum Gasteiger partial charge on any atom is -0.324 e. The van der Waals surface area contributed by atoms with Crippen LogP contribution in [0, 0.1) is 5.92 Å². The summed E-state index contributed by atoms with van der Waals surface area (Å²) in [6.07, 6.45) is 4.22. The molecule has 2 aliphatic rings. The third kappa shape index (κ3) is 5.64. The zero-order valence-corrected chi connectivity index (χ0v) is 20.8. The van der Waals surface area contributed by atoms with Crippen LogP contribution in [0.2, 0.25) is 0 Å². The Labute approximate surface area is 213 Å². The highest BCUT2D eigenvalue weighted by atomic mass is 32.1. The van der Waals surface area contributed by atoms with E-state index in [1.165, 1.54) is 11.3 Å². The van der Waals surface area contributed by atoms with Crippen LogP contribution in [0.5, 0.6) is 0 Å². The number of rotatable bonds is 7. The molecule has 5 rings (SSSR count). The predicted octanol–water partition coefficient (Wildman–Crippen LogP) is 6.16. The third-order valence-electron chi connectivity index (χ3n) is 7.01. The fraction of sp³-hybridized carbons (Fsp3) is 0.393. The quantitative estimate of drug-likeness (QED) is 0.415. The summed E-state index contributed by atoms with van der Waals surface area (Å²) >= 11 is 1.34. The molecule has 36 heavy (non-hydrogen) atoms. The number of aromatic nitrogens is 1. The topological polar surface area (TPSA) is 62.3 Å². The Balaban J connectivity index is 1.36. The number of carbonyl (C=O) groups is 2. The van der Waals surface area contributed by atoms with E-state index in [0.29, 0.717) is 11.6 Å². The molecule has 8 heteroatoms. The Kier molecular flexibility index (Phi) is 7.14. The van der Waals surface area contributed by atoms with Gasteiger partial charge in [0.05, 0.1) is 12.2 Å². The number of nitrogens with zero attached hydrogens (tertiary/aromatic N) is 2. The number of thiazole rings is 1. The second kappa shape index (κ2) is 10.5. The van der Waals surface area contributed by atoms with Crippen LogP contribution < -0.4 is 5.32 Å². The van der Waals surface area contributed by atoms with Crippen molar-refractivity contribution in [3.05, 3.63) is 71.1 Å². The molecule has 2 heterocycles. The Bertz CT molecular complexity index is 1210. The lowest BCUT2D eigenvalue weighted by molar-refractivity contribution is -0.138. The molecular formula is C28H29F2N3O2S. The number of amides is 2. The fourth-order valence-electron chi connectivity index (χ4n) is 5.21. The smallest absolute Gasteiger partial charge is 0.267 e. The van der Waals surface area contributed by atoms with Gasteiger partial charge in [-0.2, -0.15) is 0 Å². The largest absolute Gasteiger partial charge is 0.324 e. The Morgan fingerprint density at radius 3 is 2.39 bits per heavy atom. The number of hydrogen-bond acceptors (Lipinski definition) is 4. The lowest BCUT2D eigenvalue weighted by Gasteiger charge is -2.24. The van der Waals surface area contributed by atoms with Crippen LogP contribution in [0.4, 0.5) is 13.9 Å². The van der Waals surface area contributed by atoms with Crippen LogP contribution in [-0.2, 0) is 16.0 Å². The number of hydrogen-bond donors (Lipinski definition) is 1. The van der Waals surface area contributed by atoms with Crippen LogP contribution in [0.15, 0.2) is 60.7 Å². The maximum absolute atomic E-state index is 14.4. The summed E-state index contributed by atoms with van der Waals surface area (Å²) in [5, 5.41) is 3.11. The van der Waals surface area contributed by atoms with Crippen molar-refractivity contribution in [3.63, 3.8) is 0 Å². The Morgan fingerprint density at radius 1 is 1.03 bits per heavy atom. The standard InChI is InChI=1S/C28H29F2N3O2S/c29-28(30)17-22(33(18-28)24(34)16-20-11-7-8-12-20)26(35)32-27-31-25(21-13-5-2-6-14-21)23(36-27)15-19-9-3-1-4-10-19/h1-6,9-10,13-14,20,22H,7-8,11-12,15-18H2,(H,31,32,35)/t22-/m0/s1. The second-order valence-corrected chi connectivity index (χ2v) is 10.8. The molecule has 1 atom stereocenters. The molecule has 0 unspecified atom stereocenters. The van der Waals surface area contributed by atoms with Crippen molar-refractivity contribution in [2.45, 2.75) is 56.9 Å². The number of halogens is 2. The first-order valence-corrected chi connectivity index (χ1v) is 13.3. The average Bonchev–Trinajstić information content (AvgIpc) is 3.59. The molecule has 1 N–H and O–H groups in total. The summed E-state index contributed by atoms with van der Waals surface area (Å²) in [4.78, 5) is 32.8. The first kappa shape index (κ1) is 24.6. The van der Waals surface area contributed by atoms with Gasteiger partial charge in [-0.05, 0) is 24.3 Å². The van der Waals surface area contributed by atoms with E-state index in [-0.39, 0.29) is 18.2 Å². The van der Waals surface area contributed by atoms with Crippen molar-refractivity contribution >= 4 is 28.3 Å². The predicted molar refractivity (Wildman–Crippen MR) is 137 cm³/mol. The number of alkyl halides is 2. The highest BCUT2D eigenvalue weighted by Gasteiger charge is 2.50. The summed E-state index contributed by atoms with van der Waals surface area (Å²) in [5.41, 5.74) is 2.78. The molecule has 0 bridgehead atoms. The summed E-state index contributed by atoms with van der Waals surface area (Å²) in [6.45, 7) is -0.705. The molecule has 1 aliphatic heterocycles. The first-order valence-electron chi connectivity index (χ1n) is 12.5. The van der Waals surface area contributed by atoms with Crippen LogP contribution in [0.1, 0.15) is 49.0 Å². The minimum atomic E-state index is -3.08. The third-order valence-corrected chi connectivity index (χ3v) is 7.98. The maximum atomic E-state index is 14.4. The van der Waals surface area contributed by atoms with E-state index >= 15 is 0 Å². The van der Waals surface area contributed by atoms with Crippen molar-refractivity contribution in [1.29, 1.82) is 0 Å². The number of carbonyl (C=O) groups excluding carboxylic acids is 2. The normalized spacial score (nSPS) is 19.5. The van der Waals surface area contributed by atoms with E-state index in [1.54, 1.807) is 0 Å². The molecule has 0 radical (unpaired) electrons. The lowest BCUT2D eigenvalue weighted by atomic mass is 10.0. The van der Waals surface area contributed by atoms with Gasteiger partial charge >= 0.3 is 0 Å². The van der Waals surface area contributed by atoms with Crippen LogP contribution in [-0.4, -0.2) is 40.2 Å². The second-order valence-electron chi connectivity index (χ2n) is 9.76. The van der Waals surface area contributed by atoms with Crippen molar-refractivity contribution in [1.82, 2.24) is 9.88 Å². The van der Waals surface area contributed by atoms with E-state index < -0.39 is 30.8 Å². The SMILES string of the molecule is O=C(Nc1nc(-c2ccccc2)c(Cc2ccccc2)s1)[C@@H]1CC(F)(F)CN1C(=O)CC1CCCC1. The summed E-state index contributed by atoms with van der Waals surface area (Å²) < 4.78 is 28.7. The van der Waals surface area contributed by atoms with E-state index in [2.05, 4.69) is 10.3 Å². The van der Waals surface area contributed by atoms with Gasteiger partial charge in [0.15, 0.2) is 5.13 Å². The summed E-state index contributed by atoms with van der Waals surface area (Å²) in [6, 6.07) is 18.4. The summed E-state index contributed by atoms with van der Waals surface area (Å²) in [5.74, 6) is -3.81. The first-order chi connectivity index (χ1) is 17.4. The van der Waals surface area contributed by atoms with E-state index in [9.17, 15) is 18.4 Å². The monoisotopic (exact) mass is 509 g/mol. The highest BCUT2D eigenvalue weighted by Crippen LogP contribution is 2.37. The number of benzene rings is 2. The zero-order valence-electron chi connectivity index (χ0n) is 20.0. The van der Waals surface area contributed by atoms with E-state index in [0.717, 1.165) is 52.3 Å². The van der Waals surface area contributed by atoms with Gasteiger partial charge in [-0.15, -0.1) is 11.3 Å². The van der Waals surface area contributed by atoms with Crippen molar-refractivity contribution < 1.29 is 18.4 Å². The number of likely N-dealkylation sites (tertiary alicyclic amines) is 1. The van der Waals surface area contributed by atoms with Gasteiger partial charge in [0.1, 0.15) is 6.04 Å². The van der Waals surface area contributed by atoms with Gasteiger partial charge < -0.3 is 10.2 Å². The summed E-state index contributed by atoms with van der Waals surface area (Å²) in [7, 11) is 0. The molecule has 1 aromatic heterocycles. The molecule has 2 aromatic carbocycles. The van der Waals surface area contributed by atoms with Crippen molar-refractivity contribution in [2.24, 2.45) is 5.92 Å². The van der Waals surface area contributed by atoms with Gasteiger partial charge in [-0.25, -0.2) is 13.8 Å². The molecule has 1 aliphatic carbocycles. The van der Waals surface area contributed by atoms with Crippen LogP contribution in [0.3, 0.4) is 0 Å². The number of anilines is 1. The fourth-order valence-corrected chi connectivity index (χ4v) is 6.23. The highest BCUT2D eigenvalue weighted by molar-refractivity contribution is 7.16. The molecule has 2 fully saturated rings. The molecule has 0 spiro atoms. The minimum absolute atomic E-state index is 0.225. The van der Waals surface area contributed by atoms with Gasteiger partial charge in [-0.3, -0.25) is 9.59 Å². The molecule has 188 valence electrons. The van der Waals surface area contributed by atoms with Gasteiger partial charge in [0, 0.05) is 29.7 Å². The molecular weight excluding hydrogens is 480 g/mol. The maximum Gasteiger partial charge on any atom is 0.267 e. The van der Waals surface area contributed by atoms with Crippen molar-refractivity contribution in [3.8, 4) is 11.3 Å². The van der Waals surface area contributed by atoms with Crippen molar-refractivity contribution in [2.75, 3.05) is 11.9 Å². The zero-order chi connectivity index (χ0) is 25.1. The molecule has 5 nitrogen and oxygen atoms in total. The molecule has 1 saturated heterocycles. The van der Waals surface area contributed by atoms with E-state index in [4.69, 9.17) is 0 Å². The molecule has 2 amide bonds. The molecule has 3 aromatic rings. The van der Waals surface area contributed by atoms with Gasteiger partial charge in [-0.1, -0.05) is 73.5 Å². The van der Waals surface area contributed by atoms with Crippen LogP contribution in [0.25, 0.3) is 11.3 Å². The lowest BCUT2D eigenvalue weighted by Crippen LogP contribution is -2.43. The van der Waals surface area contributed by atoms with Gasteiger partial charge in [0.25, 0.3) is 5.92 Å². The Hall–Kier alpha value is -3.13. The van der Waals surface area contributed by atoms with Gasteiger partial charge in [0.2, 0.25) is 11.8 Å².